The average molecular weight is 302 g/mol. The summed E-state index contributed by atoms with van der Waals surface area (Å²) in [5, 5.41) is 0. The fraction of sp³-hybridized carbons (Fsp3) is 0.667. The highest BCUT2D eigenvalue weighted by molar-refractivity contribution is 5.26. The van der Waals surface area contributed by atoms with E-state index < -0.39 is 12.1 Å². The molecule has 0 amide bonds. The molecule has 118 valence electrons. The van der Waals surface area contributed by atoms with Crippen LogP contribution in [0.4, 0.5) is 13.2 Å². The lowest BCUT2D eigenvalue weighted by Crippen LogP contribution is -2.31. The Morgan fingerprint density at radius 2 is 1.95 bits per heavy atom. The first-order chi connectivity index (χ1) is 9.91. The molecule has 2 rings (SSSR count). The van der Waals surface area contributed by atoms with Gasteiger partial charge in [-0.3, -0.25) is 4.98 Å². The number of aromatic nitrogens is 1. The maximum atomic E-state index is 12.7. The number of alkyl halides is 3. The lowest BCUT2D eigenvalue weighted by atomic mass is 9.77. The third kappa shape index (κ3) is 4.09. The first-order valence-corrected chi connectivity index (χ1v) is 7.31. The molecule has 21 heavy (non-hydrogen) atoms. The van der Waals surface area contributed by atoms with E-state index >= 15 is 0 Å². The van der Waals surface area contributed by atoms with Gasteiger partial charge in [-0.2, -0.15) is 13.2 Å². The molecule has 0 bridgehead atoms. The van der Waals surface area contributed by atoms with Crippen molar-refractivity contribution in [2.24, 2.45) is 17.6 Å². The van der Waals surface area contributed by atoms with Crippen LogP contribution >= 0.6 is 0 Å². The molecular formula is C15H21F3N2O. The third-order valence-electron chi connectivity index (χ3n) is 4.17. The second-order valence-corrected chi connectivity index (χ2v) is 5.57. The van der Waals surface area contributed by atoms with Gasteiger partial charge in [-0.05, 0) is 50.2 Å². The predicted molar refractivity (Wildman–Crippen MR) is 73.8 cm³/mol. The Hall–Kier alpha value is -1.30. The highest BCUT2D eigenvalue weighted by Crippen LogP contribution is 2.42. The lowest BCUT2D eigenvalue weighted by Gasteiger charge is -2.33. The van der Waals surface area contributed by atoms with Gasteiger partial charge in [0.15, 0.2) is 0 Å². The van der Waals surface area contributed by atoms with Crippen molar-refractivity contribution < 1.29 is 17.9 Å². The molecule has 3 nitrogen and oxygen atoms in total. The molecule has 1 fully saturated rings. The molecule has 1 aliphatic carbocycles. The van der Waals surface area contributed by atoms with E-state index in [1.807, 2.05) is 13.0 Å². The summed E-state index contributed by atoms with van der Waals surface area (Å²) in [7, 11) is 0. The number of rotatable bonds is 4. The standard InChI is InChI=1S/C15H21F3N2O/c1-2-21-13-7-11(8-20-9-13)14(19)10-3-5-12(6-4-10)15(16,17)18/h7-10,12,14H,2-6,19H2,1H3. The summed E-state index contributed by atoms with van der Waals surface area (Å²) in [5.41, 5.74) is 7.04. The zero-order chi connectivity index (χ0) is 15.5. The molecule has 1 aliphatic rings. The van der Waals surface area contributed by atoms with Gasteiger partial charge in [0.1, 0.15) is 5.75 Å². The molecule has 0 aromatic carbocycles. The van der Waals surface area contributed by atoms with Gasteiger partial charge in [0.05, 0.1) is 18.7 Å². The molecule has 6 heteroatoms. The van der Waals surface area contributed by atoms with Gasteiger partial charge in [0.25, 0.3) is 0 Å². The van der Waals surface area contributed by atoms with E-state index in [0.29, 0.717) is 25.2 Å². The van der Waals surface area contributed by atoms with Crippen molar-refractivity contribution in [1.82, 2.24) is 4.98 Å². The smallest absolute Gasteiger partial charge is 0.391 e. The SMILES string of the molecule is CCOc1cncc(C(N)C2CCC(C(F)(F)F)CC2)c1. The quantitative estimate of drug-likeness (QED) is 0.919. The highest BCUT2D eigenvalue weighted by Gasteiger charge is 2.42. The van der Waals surface area contributed by atoms with Crippen molar-refractivity contribution in [3.8, 4) is 5.75 Å². The highest BCUT2D eigenvalue weighted by atomic mass is 19.4. The minimum Gasteiger partial charge on any atom is -0.492 e. The fourth-order valence-electron chi connectivity index (χ4n) is 2.94. The summed E-state index contributed by atoms with van der Waals surface area (Å²) in [6, 6.07) is 1.55. The molecule has 1 atom stereocenters. The van der Waals surface area contributed by atoms with Crippen LogP contribution in [0.2, 0.25) is 0 Å². The summed E-state index contributed by atoms with van der Waals surface area (Å²) in [4.78, 5) is 4.09. The van der Waals surface area contributed by atoms with Crippen LogP contribution < -0.4 is 10.5 Å². The summed E-state index contributed by atoms with van der Waals surface area (Å²) >= 11 is 0. The van der Waals surface area contributed by atoms with E-state index in [1.165, 1.54) is 0 Å². The summed E-state index contributed by atoms with van der Waals surface area (Å²) in [6.45, 7) is 2.42. The maximum Gasteiger partial charge on any atom is 0.391 e. The molecular weight excluding hydrogens is 281 g/mol. The fourth-order valence-corrected chi connectivity index (χ4v) is 2.94. The van der Waals surface area contributed by atoms with Gasteiger partial charge < -0.3 is 10.5 Å². The van der Waals surface area contributed by atoms with Crippen molar-refractivity contribution in [3.63, 3.8) is 0 Å². The van der Waals surface area contributed by atoms with Crippen molar-refractivity contribution in [2.75, 3.05) is 6.61 Å². The molecule has 0 saturated heterocycles. The number of ether oxygens (including phenoxy) is 1. The molecule has 0 radical (unpaired) electrons. The number of nitrogens with two attached hydrogens (primary N) is 1. The van der Waals surface area contributed by atoms with Crippen LogP contribution in [0.3, 0.4) is 0 Å². The Labute approximate surface area is 122 Å². The molecule has 0 spiro atoms. The summed E-state index contributed by atoms with van der Waals surface area (Å²) in [5.74, 6) is -0.453. The number of nitrogens with zero attached hydrogens (tertiary/aromatic N) is 1. The maximum absolute atomic E-state index is 12.7. The number of hydrogen-bond donors (Lipinski definition) is 1. The molecule has 0 aliphatic heterocycles. The van der Waals surface area contributed by atoms with Crippen LogP contribution in [0.15, 0.2) is 18.5 Å². The van der Waals surface area contributed by atoms with E-state index in [2.05, 4.69) is 4.98 Å². The minimum absolute atomic E-state index is 0.0716. The zero-order valence-electron chi connectivity index (χ0n) is 12.1. The normalized spacial score (nSPS) is 24.6. The van der Waals surface area contributed by atoms with Gasteiger partial charge in [0, 0.05) is 12.2 Å². The van der Waals surface area contributed by atoms with E-state index in [1.54, 1.807) is 12.4 Å². The molecule has 1 unspecified atom stereocenters. The number of pyridine rings is 1. The number of hydrogen-bond acceptors (Lipinski definition) is 3. The summed E-state index contributed by atoms with van der Waals surface area (Å²) < 4.78 is 43.4. The van der Waals surface area contributed by atoms with Crippen LogP contribution in [0, 0.1) is 11.8 Å². The second kappa shape index (κ2) is 6.64. The van der Waals surface area contributed by atoms with Gasteiger partial charge in [0.2, 0.25) is 0 Å². The molecule has 1 aromatic heterocycles. The van der Waals surface area contributed by atoms with Crippen molar-refractivity contribution in [1.29, 1.82) is 0 Å². The lowest BCUT2D eigenvalue weighted by molar-refractivity contribution is -0.184. The van der Waals surface area contributed by atoms with Gasteiger partial charge in [-0.1, -0.05) is 0 Å². The second-order valence-electron chi connectivity index (χ2n) is 5.57. The molecule has 1 aromatic rings. The predicted octanol–water partition coefficient (Wildman–Crippen LogP) is 3.85. The van der Waals surface area contributed by atoms with E-state index in [-0.39, 0.29) is 24.8 Å². The largest absolute Gasteiger partial charge is 0.492 e. The minimum atomic E-state index is -4.08. The van der Waals surface area contributed by atoms with Crippen molar-refractivity contribution in [2.45, 2.75) is 44.8 Å². The Bertz CT molecular complexity index is 456. The van der Waals surface area contributed by atoms with Crippen LogP contribution in [-0.2, 0) is 0 Å². The van der Waals surface area contributed by atoms with Gasteiger partial charge >= 0.3 is 6.18 Å². The Balaban J connectivity index is 1.98. The van der Waals surface area contributed by atoms with Crippen LogP contribution in [0.5, 0.6) is 5.75 Å². The molecule has 1 heterocycles. The first-order valence-electron chi connectivity index (χ1n) is 7.31. The molecule has 2 N–H and O–H groups in total. The summed E-state index contributed by atoms with van der Waals surface area (Å²) in [6.07, 6.45) is 0.546. The number of halogens is 3. The van der Waals surface area contributed by atoms with E-state index in [0.717, 1.165) is 5.56 Å². The Kier molecular flexibility index (Phi) is 5.08. The monoisotopic (exact) mass is 302 g/mol. The van der Waals surface area contributed by atoms with Crippen LogP contribution in [-0.4, -0.2) is 17.8 Å². The topological polar surface area (TPSA) is 48.1 Å². The van der Waals surface area contributed by atoms with Crippen LogP contribution in [0.1, 0.15) is 44.2 Å². The third-order valence-corrected chi connectivity index (χ3v) is 4.17. The Morgan fingerprint density at radius 3 is 2.52 bits per heavy atom. The van der Waals surface area contributed by atoms with Crippen molar-refractivity contribution >= 4 is 0 Å². The van der Waals surface area contributed by atoms with Gasteiger partial charge in [-0.15, -0.1) is 0 Å². The Morgan fingerprint density at radius 1 is 1.29 bits per heavy atom. The van der Waals surface area contributed by atoms with Crippen molar-refractivity contribution in [3.05, 3.63) is 24.0 Å². The first kappa shape index (κ1) is 16.1. The average Bonchev–Trinajstić information content (AvgIpc) is 2.46. The van der Waals surface area contributed by atoms with Gasteiger partial charge in [-0.25, -0.2) is 0 Å². The zero-order valence-corrected chi connectivity index (χ0v) is 12.1. The molecule has 1 saturated carbocycles. The van der Waals surface area contributed by atoms with Crippen LogP contribution in [0.25, 0.3) is 0 Å². The van der Waals surface area contributed by atoms with E-state index in [9.17, 15) is 13.2 Å². The van der Waals surface area contributed by atoms with E-state index in [4.69, 9.17) is 10.5 Å².